The maximum atomic E-state index is 6.17. The third kappa shape index (κ3) is 3.27. The normalized spacial score (nSPS) is 12.1. The molecule has 0 saturated heterocycles. The average molecular weight is 254 g/mol. The molecule has 0 saturated carbocycles. The summed E-state index contributed by atoms with van der Waals surface area (Å²) in [7, 11) is 4.81. The van der Waals surface area contributed by atoms with Crippen molar-refractivity contribution in [1.82, 2.24) is 0 Å². The van der Waals surface area contributed by atoms with Gasteiger partial charge in [0.2, 0.25) is 0 Å². The van der Waals surface area contributed by atoms with Crippen molar-refractivity contribution in [3.63, 3.8) is 0 Å². The highest BCUT2D eigenvalue weighted by atomic mass is 16.5. The molecule has 0 spiro atoms. The largest absolute Gasteiger partial charge is 0.496 e. The van der Waals surface area contributed by atoms with Gasteiger partial charge in [0, 0.05) is 18.2 Å². The summed E-state index contributed by atoms with van der Waals surface area (Å²) in [5.41, 5.74) is 12.5. The second-order valence-corrected chi connectivity index (χ2v) is 3.98. The van der Waals surface area contributed by atoms with E-state index >= 15 is 0 Å². The van der Waals surface area contributed by atoms with Gasteiger partial charge in [-0.3, -0.25) is 0 Å². The monoisotopic (exact) mass is 254 g/mol. The molecule has 0 aliphatic carbocycles. The van der Waals surface area contributed by atoms with Crippen molar-refractivity contribution in [3.05, 3.63) is 17.7 Å². The van der Waals surface area contributed by atoms with Crippen LogP contribution in [-0.4, -0.2) is 27.9 Å². The fourth-order valence-electron chi connectivity index (χ4n) is 1.88. The highest BCUT2D eigenvalue weighted by Gasteiger charge is 2.19. The van der Waals surface area contributed by atoms with Crippen molar-refractivity contribution in [1.29, 1.82) is 0 Å². The van der Waals surface area contributed by atoms with Gasteiger partial charge < -0.3 is 25.7 Å². The molecule has 1 aromatic rings. The van der Waals surface area contributed by atoms with Gasteiger partial charge in [0.25, 0.3) is 0 Å². The predicted octanol–water partition coefficient (Wildman–Crippen LogP) is 1.45. The van der Waals surface area contributed by atoms with E-state index in [0.29, 0.717) is 23.8 Å². The Morgan fingerprint density at radius 3 is 2.00 bits per heavy atom. The third-order valence-electron chi connectivity index (χ3n) is 2.84. The second-order valence-electron chi connectivity index (χ2n) is 3.98. The first-order valence-corrected chi connectivity index (χ1v) is 5.93. The summed E-state index contributed by atoms with van der Waals surface area (Å²) in [5.74, 6) is 2.03. The zero-order valence-corrected chi connectivity index (χ0v) is 11.2. The summed E-state index contributed by atoms with van der Waals surface area (Å²) < 4.78 is 15.9. The minimum atomic E-state index is -0.163. The van der Waals surface area contributed by atoms with Crippen molar-refractivity contribution in [2.45, 2.75) is 18.9 Å². The Morgan fingerprint density at radius 1 is 1.06 bits per heavy atom. The van der Waals surface area contributed by atoms with Crippen LogP contribution in [0, 0.1) is 0 Å². The maximum absolute atomic E-state index is 6.17. The highest BCUT2D eigenvalue weighted by Crippen LogP contribution is 2.38. The Kier molecular flexibility index (Phi) is 5.74. The number of rotatable bonds is 7. The SMILES string of the molecule is COc1cc(OC)c([C@H](N)CCCN)c(OC)c1. The van der Waals surface area contributed by atoms with Gasteiger partial charge in [-0.15, -0.1) is 0 Å². The molecule has 102 valence electrons. The molecular weight excluding hydrogens is 232 g/mol. The van der Waals surface area contributed by atoms with E-state index < -0.39 is 0 Å². The maximum Gasteiger partial charge on any atom is 0.131 e. The Morgan fingerprint density at radius 2 is 1.61 bits per heavy atom. The molecule has 4 N–H and O–H groups in total. The van der Waals surface area contributed by atoms with E-state index in [1.54, 1.807) is 33.5 Å². The lowest BCUT2D eigenvalue weighted by Gasteiger charge is -2.19. The van der Waals surface area contributed by atoms with Crippen LogP contribution in [0.2, 0.25) is 0 Å². The van der Waals surface area contributed by atoms with Crippen LogP contribution in [0.15, 0.2) is 12.1 Å². The molecule has 18 heavy (non-hydrogen) atoms. The van der Waals surface area contributed by atoms with Gasteiger partial charge in [0.1, 0.15) is 17.2 Å². The van der Waals surface area contributed by atoms with Gasteiger partial charge >= 0.3 is 0 Å². The van der Waals surface area contributed by atoms with Gasteiger partial charge in [-0.2, -0.15) is 0 Å². The smallest absolute Gasteiger partial charge is 0.131 e. The van der Waals surface area contributed by atoms with E-state index in [4.69, 9.17) is 25.7 Å². The molecule has 0 heterocycles. The predicted molar refractivity (Wildman–Crippen MR) is 71.3 cm³/mol. The van der Waals surface area contributed by atoms with E-state index in [1.807, 2.05) is 0 Å². The topological polar surface area (TPSA) is 79.7 Å². The van der Waals surface area contributed by atoms with Crippen LogP contribution < -0.4 is 25.7 Å². The minimum absolute atomic E-state index is 0.163. The Labute approximate surface area is 108 Å². The van der Waals surface area contributed by atoms with E-state index in [-0.39, 0.29) is 6.04 Å². The van der Waals surface area contributed by atoms with Gasteiger partial charge in [0.15, 0.2) is 0 Å². The van der Waals surface area contributed by atoms with Crippen molar-refractivity contribution in [2.24, 2.45) is 11.5 Å². The first kappa shape index (κ1) is 14.6. The Hall–Kier alpha value is -1.46. The molecule has 0 amide bonds. The fraction of sp³-hybridized carbons (Fsp3) is 0.538. The number of methoxy groups -OCH3 is 3. The van der Waals surface area contributed by atoms with Crippen LogP contribution in [0.4, 0.5) is 0 Å². The summed E-state index contributed by atoms with van der Waals surface area (Å²) >= 11 is 0. The number of nitrogens with two attached hydrogens (primary N) is 2. The van der Waals surface area contributed by atoms with E-state index in [0.717, 1.165) is 18.4 Å². The van der Waals surface area contributed by atoms with Crippen LogP contribution in [0.25, 0.3) is 0 Å². The number of ether oxygens (including phenoxy) is 3. The van der Waals surface area contributed by atoms with Crippen LogP contribution in [0.3, 0.4) is 0 Å². The van der Waals surface area contributed by atoms with Crippen LogP contribution in [0.5, 0.6) is 17.2 Å². The zero-order chi connectivity index (χ0) is 13.5. The number of hydrogen-bond donors (Lipinski definition) is 2. The van der Waals surface area contributed by atoms with Crippen molar-refractivity contribution in [3.8, 4) is 17.2 Å². The summed E-state index contributed by atoms with van der Waals surface area (Å²) in [4.78, 5) is 0. The standard InChI is InChI=1S/C13H22N2O3/c1-16-9-7-11(17-2)13(12(8-9)18-3)10(15)5-4-6-14/h7-8,10H,4-6,14-15H2,1-3H3/t10-/m1/s1. The lowest BCUT2D eigenvalue weighted by molar-refractivity contribution is 0.362. The fourth-order valence-corrected chi connectivity index (χ4v) is 1.88. The van der Waals surface area contributed by atoms with Crippen molar-refractivity contribution in [2.75, 3.05) is 27.9 Å². The van der Waals surface area contributed by atoms with Crippen LogP contribution in [0.1, 0.15) is 24.4 Å². The van der Waals surface area contributed by atoms with Gasteiger partial charge in [-0.1, -0.05) is 0 Å². The average Bonchev–Trinajstić information content (AvgIpc) is 2.42. The molecule has 1 aromatic carbocycles. The second kappa shape index (κ2) is 7.08. The molecule has 1 atom stereocenters. The Balaban J connectivity index is 3.13. The molecule has 0 unspecified atom stereocenters. The third-order valence-corrected chi connectivity index (χ3v) is 2.84. The first-order valence-electron chi connectivity index (χ1n) is 5.93. The zero-order valence-electron chi connectivity index (χ0n) is 11.2. The van der Waals surface area contributed by atoms with Crippen LogP contribution >= 0.6 is 0 Å². The lowest BCUT2D eigenvalue weighted by atomic mass is 10.0. The van der Waals surface area contributed by atoms with Crippen LogP contribution in [-0.2, 0) is 0 Å². The molecule has 1 rings (SSSR count). The first-order chi connectivity index (χ1) is 8.67. The summed E-state index contributed by atoms with van der Waals surface area (Å²) in [6.07, 6.45) is 1.65. The Bertz CT molecular complexity index is 357. The number of hydrogen-bond acceptors (Lipinski definition) is 5. The van der Waals surface area contributed by atoms with Gasteiger partial charge in [-0.05, 0) is 19.4 Å². The molecule has 0 bridgehead atoms. The molecule has 0 aliphatic rings. The molecule has 0 aromatic heterocycles. The summed E-state index contributed by atoms with van der Waals surface area (Å²) in [6, 6.07) is 3.45. The van der Waals surface area contributed by atoms with E-state index in [1.165, 1.54) is 0 Å². The molecule has 5 heteroatoms. The molecule has 0 fully saturated rings. The highest BCUT2D eigenvalue weighted by molar-refractivity contribution is 5.52. The molecule has 5 nitrogen and oxygen atoms in total. The van der Waals surface area contributed by atoms with E-state index in [2.05, 4.69) is 0 Å². The molecular formula is C13H22N2O3. The van der Waals surface area contributed by atoms with E-state index in [9.17, 15) is 0 Å². The minimum Gasteiger partial charge on any atom is -0.496 e. The number of benzene rings is 1. The van der Waals surface area contributed by atoms with Crippen molar-refractivity contribution < 1.29 is 14.2 Å². The van der Waals surface area contributed by atoms with Gasteiger partial charge in [0.05, 0.1) is 26.9 Å². The molecule has 0 radical (unpaired) electrons. The summed E-state index contributed by atoms with van der Waals surface area (Å²) in [5, 5.41) is 0. The molecule has 0 aliphatic heterocycles. The lowest BCUT2D eigenvalue weighted by Crippen LogP contribution is -2.15. The van der Waals surface area contributed by atoms with Gasteiger partial charge in [-0.25, -0.2) is 0 Å². The van der Waals surface area contributed by atoms with Crippen molar-refractivity contribution >= 4 is 0 Å². The quantitative estimate of drug-likeness (QED) is 0.770. The summed E-state index contributed by atoms with van der Waals surface area (Å²) in [6.45, 7) is 0.620.